The lowest BCUT2D eigenvalue weighted by Gasteiger charge is -2.35. The fraction of sp³-hybridized carbons (Fsp3) is 0.393. The molecule has 2 aromatic carbocycles. The number of ketones is 1. The number of hydrogen-bond acceptors (Lipinski definition) is 5. The number of benzene rings is 2. The molecular formula is C28H32F2N4O. The van der Waals surface area contributed by atoms with Crippen molar-refractivity contribution in [1.29, 1.82) is 0 Å². The first kappa shape index (κ1) is 24.9. The molecule has 0 radical (unpaired) electrons. The van der Waals surface area contributed by atoms with Crippen molar-refractivity contribution >= 4 is 11.6 Å². The van der Waals surface area contributed by atoms with Gasteiger partial charge in [-0.3, -0.25) is 9.78 Å². The van der Waals surface area contributed by atoms with Gasteiger partial charge in [0.25, 0.3) is 5.92 Å². The minimum Gasteiger partial charge on any atom is -0.352 e. The molecule has 1 fully saturated rings. The molecule has 0 amide bonds. The molecule has 1 saturated heterocycles. The monoisotopic (exact) mass is 478 g/mol. The molecule has 0 saturated carbocycles. The third kappa shape index (κ3) is 6.09. The number of nitrogens with zero attached hydrogens (tertiary/aromatic N) is 4. The first-order valence-electron chi connectivity index (χ1n) is 12.3. The van der Waals surface area contributed by atoms with Gasteiger partial charge < -0.3 is 9.80 Å². The van der Waals surface area contributed by atoms with E-state index in [-0.39, 0.29) is 24.2 Å². The van der Waals surface area contributed by atoms with Gasteiger partial charge in [-0.25, -0.2) is 13.8 Å². The zero-order valence-electron chi connectivity index (χ0n) is 20.4. The average molecular weight is 479 g/mol. The van der Waals surface area contributed by atoms with Gasteiger partial charge in [0.15, 0.2) is 5.82 Å². The zero-order valence-corrected chi connectivity index (χ0v) is 20.4. The summed E-state index contributed by atoms with van der Waals surface area (Å²) < 4.78 is 27.6. The van der Waals surface area contributed by atoms with Crippen molar-refractivity contribution in [3.8, 4) is 11.3 Å². The summed E-state index contributed by atoms with van der Waals surface area (Å²) in [5.74, 6) is -1.90. The lowest BCUT2D eigenvalue weighted by atomic mass is 9.99. The van der Waals surface area contributed by atoms with E-state index in [4.69, 9.17) is 0 Å². The number of aromatic nitrogens is 2. The van der Waals surface area contributed by atoms with E-state index in [9.17, 15) is 13.6 Å². The lowest BCUT2D eigenvalue weighted by Crippen LogP contribution is -2.46. The van der Waals surface area contributed by atoms with Gasteiger partial charge in [-0.05, 0) is 17.7 Å². The van der Waals surface area contributed by atoms with Crippen LogP contribution in [0.2, 0.25) is 0 Å². The normalized spacial score (nSPS) is 14.8. The highest BCUT2D eigenvalue weighted by Gasteiger charge is 2.28. The molecule has 3 aromatic rings. The molecule has 0 spiro atoms. The summed E-state index contributed by atoms with van der Waals surface area (Å²) in [7, 11) is 0. The fourth-order valence-electron chi connectivity index (χ4n) is 4.41. The second-order valence-electron chi connectivity index (χ2n) is 8.99. The smallest absolute Gasteiger partial charge is 0.273 e. The maximum atomic E-state index is 13.8. The van der Waals surface area contributed by atoms with Gasteiger partial charge in [-0.15, -0.1) is 0 Å². The third-order valence-corrected chi connectivity index (χ3v) is 6.65. The molecule has 1 aromatic heterocycles. The first-order chi connectivity index (χ1) is 16.9. The quantitative estimate of drug-likeness (QED) is 0.426. The van der Waals surface area contributed by atoms with E-state index in [1.807, 2.05) is 24.3 Å². The van der Waals surface area contributed by atoms with Crippen LogP contribution in [0.25, 0.3) is 11.3 Å². The summed E-state index contributed by atoms with van der Waals surface area (Å²) in [6.07, 6.45) is 3.71. The minimum absolute atomic E-state index is 0.0117. The number of anilines is 1. The van der Waals surface area contributed by atoms with E-state index in [0.717, 1.165) is 60.9 Å². The summed E-state index contributed by atoms with van der Waals surface area (Å²) >= 11 is 0. The van der Waals surface area contributed by atoms with E-state index in [1.165, 1.54) is 19.1 Å². The fourth-order valence-corrected chi connectivity index (χ4v) is 4.41. The van der Waals surface area contributed by atoms with Gasteiger partial charge in [0.2, 0.25) is 0 Å². The molecule has 7 heteroatoms. The van der Waals surface area contributed by atoms with Gasteiger partial charge in [0.05, 0.1) is 0 Å². The van der Waals surface area contributed by atoms with Crippen LogP contribution >= 0.6 is 0 Å². The van der Waals surface area contributed by atoms with Gasteiger partial charge >= 0.3 is 0 Å². The van der Waals surface area contributed by atoms with E-state index in [1.54, 1.807) is 24.5 Å². The molecular weight excluding hydrogens is 446 g/mol. The molecule has 0 unspecified atom stereocenters. The largest absolute Gasteiger partial charge is 0.352 e. The van der Waals surface area contributed by atoms with Gasteiger partial charge in [-0.2, -0.15) is 0 Å². The summed E-state index contributed by atoms with van der Waals surface area (Å²) in [5.41, 5.74) is 3.46. The number of rotatable bonds is 9. The Morgan fingerprint density at radius 3 is 2.00 bits per heavy atom. The molecule has 184 valence electrons. The number of piperazine rings is 1. The summed E-state index contributed by atoms with van der Waals surface area (Å²) in [6, 6.07) is 14.0. The third-order valence-electron chi connectivity index (χ3n) is 6.65. The predicted octanol–water partition coefficient (Wildman–Crippen LogP) is 5.14. The van der Waals surface area contributed by atoms with Crippen LogP contribution in [0.5, 0.6) is 0 Å². The Bertz CT molecular complexity index is 1120. The maximum absolute atomic E-state index is 13.8. The predicted molar refractivity (Wildman–Crippen MR) is 135 cm³/mol. The Morgan fingerprint density at radius 2 is 1.43 bits per heavy atom. The molecule has 5 nitrogen and oxygen atoms in total. The number of carbonyl (C=O) groups is 1. The molecule has 2 heterocycles. The number of halogens is 2. The Kier molecular flexibility index (Phi) is 7.86. The number of alkyl halides is 2. The van der Waals surface area contributed by atoms with Crippen LogP contribution in [0, 0.1) is 0 Å². The summed E-state index contributed by atoms with van der Waals surface area (Å²) in [5, 5.41) is 0. The van der Waals surface area contributed by atoms with Crippen LogP contribution in [0.3, 0.4) is 0 Å². The van der Waals surface area contributed by atoms with E-state index in [0.29, 0.717) is 6.42 Å². The maximum Gasteiger partial charge on any atom is 0.273 e. The van der Waals surface area contributed by atoms with Crippen LogP contribution in [0.1, 0.15) is 37.0 Å². The van der Waals surface area contributed by atoms with Crippen LogP contribution in [-0.2, 0) is 23.6 Å². The minimum atomic E-state index is -2.84. The van der Waals surface area contributed by atoms with E-state index >= 15 is 0 Å². The topological polar surface area (TPSA) is 49.3 Å². The number of hydrogen-bond donors (Lipinski definition) is 0. The molecule has 1 aliphatic rings. The van der Waals surface area contributed by atoms with E-state index in [2.05, 4.69) is 26.7 Å². The molecule has 0 bridgehead atoms. The van der Waals surface area contributed by atoms with Crippen molar-refractivity contribution in [2.75, 3.05) is 37.6 Å². The second-order valence-corrected chi connectivity index (χ2v) is 8.99. The number of Topliss-reactive ketones (excluding diaryl/α,β-unsaturated/α-hetero) is 1. The van der Waals surface area contributed by atoms with Crippen molar-refractivity contribution in [2.24, 2.45) is 0 Å². The van der Waals surface area contributed by atoms with Crippen LogP contribution in [-0.4, -0.2) is 53.4 Å². The Labute approximate surface area is 205 Å². The van der Waals surface area contributed by atoms with E-state index < -0.39 is 5.92 Å². The van der Waals surface area contributed by atoms with Crippen LogP contribution in [0.4, 0.5) is 14.6 Å². The standard InChI is InChI=1S/C28H32F2N4O/c1-3-28(29,30)24-11-7-22(8-12-24)20-25(35)19-21-5-9-23(10-6-21)26-27(32-14-13-31-26)34-17-15-33(4-2)16-18-34/h5-14H,3-4,15-20H2,1-2H3. The Balaban J connectivity index is 1.40. The van der Waals surface area contributed by atoms with Crippen molar-refractivity contribution in [3.05, 3.63) is 77.6 Å². The van der Waals surface area contributed by atoms with Crippen LogP contribution < -0.4 is 4.90 Å². The van der Waals surface area contributed by atoms with Crippen molar-refractivity contribution in [3.63, 3.8) is 0 Å². The van der Waals surface area contributed by atoms with Gasteiger partial charge in [0, 0.05) is 69.0 Å². The highest BCUT2D eigenvalue weighted by molar-refractivity contribution is 5.83. The molecule has 1 aliphatic heterocycles. The molecule has 4 rings (SSSR count). The SMILES string of the molecule is CCN1CCN(c2nccnc2-c2ccc(CC(=O)Cc3ccc(C(F)(F)CC)cc3)cc2)CC1. The zero-order chi connectivity index (χ0) is 24.8. The molecule has 0 N–H and O–H groups in total. The van der Waals surface area contributed by atoms with Crippen molar-refractivity contribution in [1.82, 2.24) is 14.9 Å². The number of likely N-dealkylation sites (N-methyl/N-ethyl adjacent to an activating group) is 1. The Hall–Kier alpha value is -3.19. The lowest BCUT2D eigenvalue weighted by molar-refractivity contribution is -0.117. The summed E-state index contributed by atoms with van der Waals surface area (Å²) in [6.45, 7) is 8.56. The second kappa shape index (κ2) is 11.0. The van der Waals surface area contributed by atoms with Crippen molar-refractivity contribution < 1.29 is 13.6 Å². The average Bonchev–Trinajstić information content (AvgIpc) is 2.89. The highest BCUT2D eigenvalue weighted by Crippen LogP contribution is 2.31. The molecule has 0 aliphatic carbocycles. The van der Waals surface area contributed by atoms with Crippen LogP contribution in [0.15, 0.2) is 60.9 Å². The summed E-state index contributed by atoms with van der Waals surface area (Å²) in [4.78, 5) is 26.5. The first-order valence-corrected chi connectivity index (χ1v) is 12.3. The highest BCUT2D eigenvalue weighted by atomic mass is 19.3. The Morgan fingerprint density at radius 1 is 0.857 bits per heavy atom. The van der Waals surface area contributed by atoms with Gasteiger partial charge in [-0.1, -0.05) is 62.4 Å². The van der Waals surface area contributed by atoms with Crippen molar-refractivity contribution in [2.45, 2.75) is 39.0 Å². The molecule has 35 heavy (non-hydrogen) atoms. The van der Waals surface area contributed by atoms with Gasteiger partial charge in [0.1, 0.15) is 11.5 Å². The molecule has 0 atom stereocenters. The number of carbonyl (C=O) groups excluding carboxylic acids is 1.